The normalized spacial score (nSPS) is 10.6. The Morgan fingerprint density at radius 2 is 2.10 bits per heavy atom. The summed E-state index contributed by atoms with van der Waals surface area (Å²) in [4.78, 5) is 14.0. The summed E-state index contributed by atoms with van der Waals surface area (Å²) in [7, 11) is 3.42. The number of aryl methyl sites for hydroxylation is 2. The number of halogens is 1. The molecule has 0 unspecified atom stereocenters. The molecule has 0 saturated heterocycles. The van der Waals surface area contributed by atoms with E-state index in [9.17, 15) is 4.79 Å². The number of benzene rings is 1. The van der Waals surface area contributed by atoms with E-state index < -0.39 is 0 Å². The van der Waals surface area contributed by atoms with E-state index in [-0.39, 0.29) is 5.91 Å². The van der Waals surface area contributed by atoms with Gasteiger partial charge in [-0.15, -0.1) is 0 Å². The van der Waals surface area contributed by atoms with Crippen LogP contribution in [-0.2, 0) is 13.6 Å². The molecule has 0 spiro atoms. The van der Waals surface area contributed by atoms with Crippen molar-refractivity contribution in [2.45, 2.75) is 13.5 Å². The van der Waals surface area contributed by atoms with Crippen molar-refractivity contribution in [3.05, 3.63) is 46.2 Å². The Morgan fingerprint density at radius 1 is 1.45 bits per heavy atom. The third kappa shape index (κ3) is 2.63. The van der Waals surface area contributed by atoms with Crippen LogP contribution in [0.1, 0.15) is 21.7 Å². The fourth-order valence-corrected chi connectivity index (χ4v) is 2.26. The molecular formula is C14H17ClN4O. The molecule has 2 aromatic rings. The van der Waals surface area contributed by atoms with Crippen LogP contribution in [0.3, 0.4) is 0 Å². The number of amides is 1. The van der Waals surface area contributed by atoms with E-state index in [2.05, 4.69) is 5.10 Å². The SMILES string of the molecule is Cc1nn(C)c(C(=O)N(C)Cc2ccccc2Cl)c1N. The zero-order chi connectivity index (χ0) is 14.9. The number of nitrogens with zero attached hydrogens (tertiary/aromatic N) is 3. The Balaban J connectivity index is 2.23. The molecule has 1 aromatic carbocycles. The maximum atomic E-state index is 12.5. The summed E-state index contributed by atoms with van der Waals surface area (Å²) in [6.07, 6.45) is 0. The first-order chi connectivity index (χ1) is 9.41. The monoisotopic (exact) mass is 292 g/mol. The third-order valence-corrected chi connectivity index (χ3v) is 3.55. The highest BCUT2D eigenvalue weighted by molar-refractivity contribution is 6.31. The Hall–Kier alpha value is -2.01. The second-order valence-electron chi connectivity index (χ2n) is 4.72. The van der Waals surface area contributed by atoms with E-state index in [1.165, 1.54) is 4.68 Å². The van der Waals surface area contributed by atoms with Gasteiger partial charge in [-0.3, -0.25) is 9.48 Å². The number of hydrogen-bond acceptors (Lipinski definition) is 3. The van der Waals surface area contributed by atoms with Crippen LogP contribution in [0.4, 0.5) is 5.69 Å². The molecule has 0 radical (unpaired) electrons. The molecule has 0 atom stereocenters. The highest BCUT2D eigenvalue weighted by Crippen LogP contribution is 2.20. The van der Waals surface area contributed by atoms with Crippen molar-refractivity contribution < 1.29 is 4.79 Å². The summed E-state index contributed by atoms with van der Waals surface area (Å²) in [6.45, 7) is 2.20. The van der Waals surface area contributed by atoms with Gasteiger partial charge in [0.05, 0.1) is 11.4 Å². The van der Waals surface area contributed by atoms with Crippen molar-refractivity contribution in [1.82, 2.24) is 14.7 Å². The number of carbonyl (C=O) groups is 1. The summed E-state index contributed by atoms with van der Waals surface area (Å²) >= 11 is 6.11. The second kappa shape index (κ2) is 5.54. The molecule has 5 nitrogen and oxygen atoms in total. The summed E-state index contributed by atoms with van der Waals surface area (Å²) in [5.74, 6) is -0.175. The van der Waals surface area contributed by atoms with Crippen LogP contribution in [0.5, 0.6) is 0 Å². The van der Waals surface area contributed by atoms with Crippen LogP contribution >= 0.6 is 11.6 Å². The van der Waals surface area contributed by atoms with Crippen molar-refractivity contribution in [1.29, 1.82) is 0 Å². The lowest BCUT2D eigenvalue weighted by molar-refractivity contribution is 0.0775. The van der Waals surface area contributed by atoms with Crippen molar-refractivity contribution >= 4 is 23.2 Å². The smallest absolute Gasteiger partial charge is 0.274 e. The largest absolute Gasteiger partial charge is 0.395 e. The van der Waals surface area contributed by atoms with E-state index in [4.69, 9.17) is 17.3 Å². The van der Waals surface area contributed by atoms with Gasteiger partial charge in [0.25, 0.3) is 5.91 Å². The van der Waals surface area contributed by atoms with E-state index in [0.29, 0.717) is 28.6 Å². The first-order valence-corrected chi connectivity index (χ1v) is 6.57. The van der Waals surface area contributed by atoms with Crippen LogP contribution in [-0.4, -0.2) is 27.6 Å². The van der Waals surface area contributed by atoms with Crippen LogP contribution < -0.4 is 5.73 Å². The Kier molecular flexibility index (Phi) is 3.99. The maximum absolute atomic E-state index is 12.5. The van der Waals surface area contributed by atoms with Crippen molar-refractivity contribution in [3.63, 3.8) is 0 Å². The Morgan fingerprint density at radius 3 is 2.65 bits per heavy atom. The molecule has 1 aromatic heterocycles. The minimum atomic E-state index is -0.175. The first-order valence-electron chi connectivity index (χ1n) is 6.19. The summed E-state index contributed by atoms with van der Waals surface area (Å²) in [5, 5.41) is 4.80. The number of hydrogen-bond donors (Lipinski definition) is 1. The minimum absolute atomic E-state index is 0.175. The Labute approximate surface area is 122 Å². The molecule has 1 heterocycles. The molecular weight excluding hydrogens is 276 g/mol. The van der Waals surface area contributed by atoms with Crippen LogP contribution in [0.25, 0.3) is 0 Å². The molecule has 0 fully saturated rings. The molecule has 0 aliphatic rings. The van der Waals surface area contributed by atoms with E-state index in [1.807, 2.05) is 18.2 Å². The van der Waals surface area contributed by atoms with Gasteiger partial charge >= 0.3 is 0 Å². The highest BCUT2D eigenvalue weighted by Gasteiger charge is 2.21. The minimum Gasteiger partial charge on any atom is -0.395 e. The molecule has 2 N–H and O–H groups in total. The number of carbonyl (C=O) groups excluding carboxylic acids is 1. The average molecular weight is 293 g/mol. The molecule has 0 bridgehead atoms. The average Bonchev–Trinajstić information content (AvgIpc) is 2.65. The Bertz CT molecular complexity index is 651. The lowest BCUT2D eigenvalue weighted by atomic mass is 10.2. The quantitative estimate of drug-likeness (QED) is 0.943. The van der Waals surface area contributed by atoms with Gasteiger partial charge in [0.15, 0.2) is 0 Å². The molecule has 20 heavy (non-hydrogen) atoms. The van der Waals surface area contributed by atoms with Gasteiger partial charge in [-0.05, 0) is 18.6 Å². The van der Waals surface area contributed by atoms with Crippen LogP contribution in [0.2, 0.25) is 5.02 Å². The number of anilines is 1. The summed E-state index contributed by atoms with van der Waals surface area (Å²) < 4.78 is 1.51. The topological polar surface area (TPSA) is 64.2 Å². The van der Waals surface area contributed by atoms with E-state index >= 15 is 0 Å². The molecule has 0 aliphatic heterocycles. The number of nitrogen functional groups attached to an aromatic ring is 1. The fourth-order valence-electron chi connectivity index (χ4n) is 2.06. The van der Waals surface area contributed by atoms with Gasteiger partial charge in [0.2, 0.25) is 0 Å². The lowest BCUT2D eigenvalue weighted by Gasteiger charge is -2.18. The highest BCUT2D eigenvalue weighted by atomic mass is 35.5. The van der Waals surface area contributed by atoms with Gasteiger partial charge < -0.3 is 10.6 Å². The summed E-state index contributed by atoms with van der Waals surface area (Å²) in [5.41, 5.74) is 8.27. The van der Waals surface area contributed by atoms with Crippen molar-refractivity contribution in [2.24, 2.45) is 7.05 Å². The van der Waals surface area contributed by atoms with Gasteiger partial charge in [0.1, 0.15) is 5.69 Å². The van der Waals surface area contributed by atoms with Crippen LogP contribution in [0.15, 0.2) is 24.3 Å². The molecule has 6 heteroatoms. The third-order valence-electron chi connectivity index (χ3n) is 3.18. The molecule has 0 aliphatic carbocycles. The predicted octanol–water partition coefficient (Wildman–Crippen LogP) is 2.24. The molecule has 0 saturated carbocycles. The molecule has 106 valence electrons. The predicted molar refractivity (Wildman–Crippen MR) is 79.6 cm³/mol. The lowest BCUT2D eigenvalue weighted by Crippen LogP contribution is -2.28. The maximum Gasteiger partial charge on any atom is 0.274 e. The van der Waals surface area contributed by atoms with Gasteiger partial charge in [0, 0.05) is 25.7 Å². The fraction of sp³-hybridized carbons (Fsp3) is 0.286. The van der Waals surface area contributed by atoms with Gasteiger partial charge in [-0.1, -0.05) is 29.8 Å². The molecule has 1 amide bonds. The van der Waals surface area contributed by atoms with E-state index in [0.717, 1.165) is 5.56 Å². The summed E-state index contributed by atoms with van der Waals surface area (Å²) in [6, 6.07) is 7.44. The standard InChI is InChI=1S/C14H17ClN4O/c1-9-12(16)13(19(3)17-9)14(20)18(2)8-10-6-4-5-7-11(10)15/h4-7H,8,16H2,1-3H3. The number of aromatic nitrogens is 2. The second-order valence-corrected chi connectivity index (χ2v) is 5.13. The zero-order valence-electron chi connectivity index (χ0n) is 11.7. The van der Waals surface area contributed by atoms with Crippen molar-refractivity contribution in [2.75, 3.05) is 12.8 Å². The van der Waals surface area contributed by atoms with E-state index in [1.54, 1.807) is 32.0 Å². The van der Waals surface area contributed by atoms with Crippen LogP contribution in [0, 0.1) is 6.92 Å². The van der Waals surface area contributed by atoms with Gasteiger partial charge in [-0.25, -0.2) is 0 Å². The molecule has 2 rings (SSSR count). The zero-order valence-corrected chi connectivity index (χ0v) is 12.5. The number of nitrogens with two attached hydrogens (primary N) is 1. The van der Waals surface area contributed by atoms with Crippen molar-refractivity contribution in [3.8, 4) is 0 Å². The first kappa shape index (κ1) is 14.4. The van der Waals surface area contributed by atoms with Gasteiger partial charge in [-0.2, -0.15) is 5.10 Å². The number of rotatable bonds is 3.